The second-order valence-corrected chi connectivity index (χ2v) is 3.85. The standard InChI is InChI=1S/C10H6N6O6/c17-14(18)6-3-7(15(19)20)10(8(4-6)16(21)22)13-9-1-2-11-5-12-9/h1-5H,(H,11,12,13). The SMILES string of the molecule is O=[N+]([O-])c1cc([N+](=O)[O-])c(Nc2ccncn2)c([N+](=O)[O-])c1. The highest BCUT2D eigenvalue weighted by atomic mass is 16.6. The van der Waals surface area contributed by atoms with Crippen LogP contribution < -0.4 is 5.32 Å². The predicted molar refractivity (Wildman–Crippen MR) is 71.7 cm³/mol. The minimum atomic E-state index is -0.955. The van der Waals surface area contributed by atoms with Crippen LogP contribution in [0.25, 0.3) is 0 Å². The maximum absolute atomic E-state index is 11.0. The van der Waals surface area contributed by atoms with Crippen molar-refractivity contribution in [3.05, 3.63) is 61.1 Å². The van der Waals surface area contributed by atoms with Crippen molar-refractivity contribution in [3.63, 3.8) is 0 Å². The molecule has 0 aliphatic rings. The average molecular weight is 306 g/mol. The number of nitro benzene ring substituents is 3. The van der Waals surface area contributed by atoms with Crippen LogP contribution in [0, 0.1) is 30.3 Å². The number of aromatic nitrogens is 2. The summed E-state index contributed by atoms with van der Waals surface area (Å²) in [6.45, 7) is 0. The fourth-order valence-corrected chi connectivity index (χ4v) is 1.61. The minimum Gasteiger partial charge on any atom is -0.329 e. The summed E-state index contributed by atoms with van der Waals surface area (Å²) in [6, 6.07) is 2.60. The van der Waals surface area contributed by atoms with E-state index in [2.05, 4.69) is 15.3 Å². The van der Waals surface area contributed by atoms with Gasteiger partial charge in [0.2, 0.25) is 0 Å². The van der Waals surface area contributed by atoms with Gasteiger partial charge in [-0.3, -0.25) is 30.3 Å². The van der Waals surface area contributed by atoms with Gasteiger partial charge in [-0.05, 0) is 6.07 Å². The molecule has 0 aliphatic heterocycles. The molecule has 0 aliphatic carbocycles. The van der Waals surface area contributed by atoms with Crippen molar-refractivity contribution in [2.24, 2.45) is 0 Å². The van der Waals surface area contributed by atoms with Crippen LogP contribution in [-0.2, 0) is 0 Å². The summed E-state index contributed by atoms with van der Waals surface area (Å²) in [6.07, 6.45) is 2.45. The van der Waals surface area contributed by atoms with Crippen LogP contribution in [0.5, 0.6) is 0 Å². The fraction of sp³-hybridized carbons (Fsp3) is 0. The first kappa shape index (κ1) is 14.7. The molecule has 2 rings (SSSR count). The van der Waals surface area contributed by atoms with E-state index in [-0.39, 0.29) is 5.82 Å². The third kappa shape index (κ3) is 2.90. The molecule has 0 amide bonds. The van der Waals surface area contributed by atoms with E-state index in [9.17, 15) is 30.3 Å². The predicted octanol–water partition coefficient (Wildman–Crippen LogP) is 1.94. The lowest BCUT2D eigenvalue weighted by atomic mass is 10.2. The van der Waals surface area contributed by atoms with Gasteiger partial charge >= 0.3 is 11.4 Å². The quantitative estimate of drug-likeness (QED) is 0.640. The summed E-state index contributed by atoms with van der Waals surface area (Å²) in [5.41, 5.74) is -2.87. The van der Waals surface area contributed by atoms with Gasteiger partial charge < -0.3 is 5.32 Å². The smallest absolute Gasteiger partial charge is 0.306 e. The zero-order chi connectivity index (χ0) is 16.3. The van der Waals surface area contributed by atoms with Gasteiger partial charge in [-0.15, -0.1) is 0 Å². The van der Waals surface area contributed by atoms with Crippen molar-refractivity contribution in [3.8, 4) is 0 Å². The van der Waals surface area contributed by atoms with Crippen molar-refractivity contribution in [2.75, 3.05) is 5.32 Å². The third-order valence-corrected chi connectivity index (χ3v) is 2.52. The van der Waals surface area contributed by atoms with Crippen molar-refractivity contribution < 1.29 is 14.8 Å². The molecule has 112 valence electrons. The number of rotatable bonds is 5. The molecule has 0 fully saturated rings. The van der Waals surface area contributed by atoms with Gasteiger partial charge in [-0.2, -0.15) is 0 Å². The molecular weight excluding hydrogens is 300 g/mol. The van der Waals surface area contributed by atoms with Crippen LogP contribution in [0.2, 0.25) is 0 Å². The minimum absolute atomic E-state index is 0.0649. The Hall–Kier alpha value is -3.70. The summed E-state index contributed by atoms with van der Waals surface area (Å²) >= 11 is 0. The second kappa shape index (κ2) is 5.74. The molecule has 12 heteroatoms. The number of anilines is 2. The molecule has 12 nitrogen and oxygen atoms in total. The molecule has 1 N–H and O–H groups in total. The number of hydrogen-bond donors (Lipinski definition) is 1. The molecule has 0 radical (unpaired) electrons. The van der Waals surface area contributed by atoms with Gasteiger partial charge in [0.15, 0.2) is 5.69 Å². The maximum Gasteiger partial charge on any atom is 0.306 e. The lowest BCUT2D eigenvalue weighted by molar-refractivity contribution is -0.401. The lowest BCUT2D eigenvalue weighted by Crippen LogP contribution is -2.04. The van der Waals surface area contributed by atoms with E-state index in [4.69, 9.17) is 0 Å². The van der Waals surface area contributed by atoms with E-state index in [1.54, 1.807) is 0 Å². The Morgan fingerprint density at radius 1 is 0.955 bits per heavy atom. The Kier molecular flexibility index (Phi) is 3.84. The Morgan fingerprint density at radius 2 is 1.55 bits per heavy atom. The van der Waals surface area contributed by atoms with E-state index in [0.717, 1.165) is 6.33 Å². The van der Waals surface area contributed by atoms with Crippen LogP contribution in [0.1, 0.15) is 0 Å². The van der Waals surface area contributed by atoms with Crippen LogP contribution in [-0.4, -0.2) is 24.7 Å². The topological polar surface area (TPSA) is 167 Å². The van der Waals surface area contributed by atoms with Crippen molar-refractivity contribution in [2.45, 2.75) is 0 Å². The van der Waals surface area contributed by atoms with Crippen LogP contribution >= 0.6 is 0 Å². The zero-order valence-electron chi connectivity index (χ0n) is 10.6. The Morgan fingerprint density at radius 3 is 1.95 bits per heavy atom. The zero-order valence-corrected chi connectivity index (χ0v) is 10.6. The number of nitro groups is 3. The Labute approximate surface area is 120 Å². The molecule has 22 heavy (non-hydrogen) atoms. The monoisotopic (exact) mass is 306 g/mol. The van der Waals surface area contributed by atoms with Gasteiger partial charge in [0.25, 0.3) is 5.69 Å². The van der Waals surface area contributed by atoms with Crippen LogP contribution in [0.15, 0.2) is 30.7 Å². The first-order chi connectivity index (χ1) is 10.4. The highest BCUT2D eigenvalue weighted by Gasteiger charge is 2.30. The normalized spacial score (nSPS) is 10.0. The van der Waals surface area contributed by atoms with Gasteiger partial charge in [0.1, 0.15) is 12.1 Å². The summed E-state index contributed by atoms with van der Waals surface area (Å²) in [7, 11) is 0. The van der Waals surface area contributed by atoms with E-state index in [1.807, 2.05) is 0 Å². The van der Waals surface area contributed by atoms with E-state index >= 15 is 0 Å². The highest BCUT2D eigenvalue weighted by Crippen LogP contribution is 2.39. The molecule has 0 unspecified atom stereocenters. The number of nitrogens with one attached hydrogen (secondary N) is 1. The summed E-state index contributed by atoms with van der Waals surface area (Å²) in [5, 5.41) is 35.3. The molecule has 0 saturated carbocycles. The lowest BCUT2D eigenvalue weighted by Gasteiger charge is -2.06. The van der Waals surface area contributed by atoms with Crippen molar-refractivity contribution in [1.29, 1.82) is 0 Å². The molecule has 0 saturated heterocycles. The van der Waals surface area contributed by atoms with Crippen molar-refractivity contribution >= 4 is 28.6 Å². The summed E-state index contributed by atoms with van der Waals surface area (Å²) in [5.74, 6) is 0.0649. The molecule has 1 aromatic carbocycles. The fourth-order valence-electron chi connectivity index (χ4n) is 1.61. The van der Waals surface area contributed by atoms with Gasteiger partial charge in [0.05, 0.1) is 26.9 Å². The molecular formula is C10H6N6O6. The van der Waals surface area contributed by atoms with Crippen molar-refractivity contribution in [1.82, 2.24) is 9.97 Å². The molecule has 2 aromatic rings. The second-order valence-electron chi connectivity index (χ2n) is 3.85. The van der Waals surface area contributed by atoms with Gasteiger partial charge in [-0.25, -0.2) is 9.97 Å². The highest BCUT2D eigenvalue weighted by molar-refractivity contribution is 5.80. The molecule has 1 aromatic heterocycles. The molecule has 0 bridgehead atoms. The van der Waals surface area contributed by atoms with Gasteiger partial charge in [0, 0.05) is 6.20 Å². The van der Waals surface area contributed by atoms with E-state index in [0.29, 0.717) is 12.1 Å². The molecule has 0 atom stereocenters. The number of non-ortho nitro benzene ring substituents is 1. The Balaban J connectivity index is 2.66. The number of benzene rings is 1. The largest absolute Gasteiger partial charge is 0.329 e. The number of nitrogens with zero attached hydrogens (tertiary/aromatic N) is 5. The Bertz CT molecular complexity index is 729. The first-order valence-corrected chi connectivity index (χ1v) is 5.54. The van der Waals surface area contributed by atoms with E-state index in [1.165, 1.54) is 12.3 Å². The van der Waals surface area contributed by atoms with Gasteiger partial charge in [-0.1, -0.05) is 0 Å². The molecule has 1 heterocycles. The molecule has 0 spiro atoms. The van der Waals surface area contributed by atoms with Crippen LogP contribution in [0.4, 0.5) is 28.6 Å². The maximum atomic E-state index is 11.0. The van der Waals surface area contributed by atoms with Crippen LogP contribution in [0.3, 0.4) is 0 Å². The van der Waals surface area contributed by atoms with E-state index < -0.39 is 37.5 Å². The third-order valence-electron chi connectivity index (χ3n) is 2.52. The average Bonchev–Trinajstić information content (AvgIpc) is 2.47. The summed E-state index contributed by atoms with van der Waals surface area (Å²) < 4.78 is 0. The first-order valence-electron chi connectivity index (χ1n) is 5.54. The number of hydrogen-bond acceptors (Lipinski definition) is 9. The summed E-state index contributed by atoms with van der Waals surface area (Å²) in [4.78, 5) is 37.3.